The number of hydrogen-bond donors (Lipinski definition) is 3. The highest BCUT2D eigenvalue weighted by molar-refractivity contribution is 5.98. The molecule has 0 bridgehead atoms. The monoisotopic (exact) mass is 355 g/mol. The van der Waals surface area contributed by atoms with E-state index in [0.29, 0.717) is 11.3 Å². The van der Waals surface area contributed by atoms with Crippen molar-refractivity contribution in [3.63, 3.8) is 0 Å². The summed E-state index contributed by atoms with van der Waals surface area (Å²) in [6, 6.07) is 14.2. The van der Waals surface area contributed by atoms with Gasteiger partial charge in [-0.3, -0.25) is 9.59 Å². The molecule has 0 spiro atoms. The van der Waals surface area contributed by atoms with Gasteiger partial charge in [-0.25, -0.2) is 0 Å². The summed E-state index contributed by atoms with van der Waals surface area (Å²) < 4.78 is 5.09. The second-order valence-electron chi connectivity index (χ2n) is 6.92. The number of hydrogen-bond acceptors (Lipinski definition) is 4. The minimum absolute atomic E-state index is 0.116. The van der Waals surface area contributed by atoms with Crippen molar-refractivity contribution >= 4 is 23.2 Å². The Hall–Kier alpha value is -3.02. The summed E-state index contributed by atoms with van der Waals surface area (Å²) in [7, 11) is 1.60. The van der Waals surface area contributed by atoms with Gasteiger partial charge in [0.1, 0.15) is 5.75 Å². The van der Waals surface area contributed by atoms with Crippen molar-refractivity contribution in [3.8, 4) is 5.75 Å². The van der Waals surface area contributed by atoms with Crippen LogP contribution in [0.1, 0.15) is 31.1 Å². The molecule has 6 heteroatoms. The number of anilines is 2. The number of rotatable bonds is 6. The van der Waals surface area contributed by atoms with E-state index >= 15 is 0 Å². The first kappa shape index (κ1) is 19.3. The number of amides is 2. The van der Waals surface area contributed by atoms with E-state index in [-0.39, 0.29) is 23.9 Å². The molecule has 0 atom stereocenters. The maximum absolute atomic E-state index is 12.2. The number of methoxy groups -OCH3 is 1. The number of ether oxygens (including phenoxy) is 1. The van der Waals surface area contributed by atoms with Crippen molar-refractivity contribution in [1.82, 2.24) is 5.32 Å². The highest BCUT2D eigenvalue weighted by Crippen LogP contribution is 2.15. The van der Waals surface area contributed by atoms with Gasteiger partial charge in [0, 0.05) is 22.5 Å². The minimum Gasteiger partial charge on any atom is -0.497 e. The molecule has 0 aliphatic rings. The van der Waals surface area contributed by atoms with Crippen LogP contribution in [0.3, 0.4) is 0 Å². The molecule has 0 saturated heterocycles. The van der Waals surface area contributed by atoms with E-state index < -0.39 is 0 Å². The SMILES string of the molecule is COc1ccc(NCC(=O)Nc2cccc(C(=O)NC(C)(C)C)c2)cc1. The van der Waals surface area contributed by atoms with Crippen LogP contribution in [0.4, 0.5) is 11.4 Å². The van der Waals surface area contributed by atoms with E-state index in [1.165, 1.54) is 0 Å². The summed E-state index contributed by atoms with van der Waals surface area (Å²) in [5, 5.41) is 8.72. The summed E-state index contributed by atoms with van der Waals surface area (Å²) in [6.07, 6.45) is 0. The average molecular weight is 355 g/mol. The Balaban J connectivity index is 1.92. The van der Waals surface area contributed by atoms with Crippen LogP contribution in [0.15, 0.2) is 48.5 Å². The predicted molar refractivity (Wildman–Crippen MR) is 104 cm³/mol. The van der Waals surface area contributed by atoms with Gasteiger partial charge >= 0.3 is 0 Å². The summed E-state index contributed by atoms with van der Waals surface area (Å²) in [5.41, 5.74) is 1.58. The molecule has 138 valence electrons. The fourth-order valence-electron chi connectivity index (χ4n) is 2.25. The lowest BCUT2D eigenvalue weighted by molar-refractivity contribution is -0.114. The van der Waals surface area contributed by atoms with E-state index in [1.54, 1.807) is 31.4 Å². The fraction of sp³-hybridized carbons (Fsp3) is 0.300. The van der Waals surface area contributed by atoms with E-state index in [1.807, 2.05) is 45.0 Å². The lowest BCUT2D eigenvalue weighted by Gasteiger charge is -2.20. The third kappa shape index (κ3) is 6.12. The topological polar surface area (TPSA) is 79.5 Å². The highest BCUT2D eigenvalue weighted by Gasteiger charge is 2.15. The maximum Gasteiger partial charge on any atom is 0.251 e. The van der Waals surface area contributed by atoms with Crippen LogP contribution in [0.5, 0.6) is 5.75 Å². The molecule has 6 nitrogen and oxygen atoms in total. The van der Waals surface area contributed by atoms with Crippen LogP contribution < -0.4 is 20.7 Å². The first-order chi connectivity index (χ1) is 12.3. The first-order valence-electron chi connectivity index (χ1n) is 8.37. The van der Waals surface area contributed by atoms with E-state index in [4.69, 9.17) is 4.74 Å². The van der Waals surface area contributed by atoms with Gasteiger partial charge in [-0.15, -0.1) is 0 Å². The molecule has 0 saturated carbocycles. The molecule has 0 fully saturated rings. The standard InChI is InChI=1S/C20H25N3O3/c1-20(2,3)23-19(25)14-6-5-7-16(12-14)22-18(24)13-21-15-8-10-17(26-4)11-9-15/h5-12,21H,13H2,1-4H3,(H,22,24)(H,23,25). The Kier molecular flexibility index (Phi) is 6.22. The van der Waals surface area contributed by atoms with Crippen LogP contribution in [-0.4, -0.2) is 31.0 Å². The number of carbonyl (C=O) groups is 2. The molecule has 0 unspecified atom stereocenters. The second kappa shape index (κ2) is 8.38. The van der Waals surface area contributed by atoms with Crippen LogP contribution in [0.2, 0.25) is 0 Å². The Morgan fingerprint density at radius 2 is 1.69 bits per heavy atom. The summed E-state index contributed by atoms with van der Waals surface area (Å²) in [4.78, 5) is 24.3. The molecule has 0 aromatic heterocycles. The zero-order valence-corrected chi connectivity index (χ0v) is 15.6. The first-order valence-corrected chi connectivity index (χ1v) is 8.37. The molecule has 0 aliphatic carbocycles. The van der Waals surface area contributed by atoms with Gasteiger partial charge in [0.25, 0.3) is 5.91 Å². The molecule has 0 heterocycles. The van der Waals surface area contributed by atoms with Gasteiger partial charge in [0.2, 0.25) is 5.91 Å². The molecule has 2 aromatic rings. The molecule has 2 rings (SSSR count). The van der Waals surface area contributed by atoms with Gasteiger partial charge < -0.3 is 20.7 Å². The van der Waals surface area contributed by atoms with Crippen molar-refractivity contribution in [2.75, 3.05) is 24.3 Å². The van der Waals surface area contributed by atoms with Crippen molar-refractivity contribution in [1.29, 1.82) is 0 Å². The van der Waals surface area contributed by atoms with Crippen LogP contribution in [-0.2, 0) is 4.79 Å². The maximum atomic E-state index is 12.2. The third-order valence-electron chi connectivity index (χ3n) is 3.44. The van der Waals surface area contributed by atoms with Gasteiger partial charge in [0.05, 0.1) is 13.7 Å². The Morgan fingerprint density at radius 3 is 2.31 bits per heavy atom. The largest absolute Gasteiger partial charge is 0.497 e. The lowest BCUT2D eigenvalue weighted by atomic mass is 10.1. The third-order valence-corrected chi connectivity index (χ3v) is 3.44. The normalized spacial score (nSPS) is 10.8. The average Bonchev–Trinajstić information content (AvgIpc) is 2.59. The van der Waals surface area contributed by atoms with E-state index in [9.17, 15) is 9.59 Å². The van der Waals surface area contributed by atoms with Crippen molar-refractivity contribution < 1.29 is 14.3 Å². The molecule has 0 radical (unpaired) electrons. The molecular weight excluding hydrogens is 330 g/mol. The molecule has 26 heavy (non-hydrogen) atoms. The van der Waals surface area contributed by atoms with Crippen LogP contribution in [0.25, 0.3) is 0 Å². The fourth-order valence-corrected chi connectivity index (χ4v) is 2.25. The summed E-state index contributed by atoms with van der Waals surface area (Å²) in [6.45, 7) is 5.87. The predicted octanol–water partition coefficient (Wildman–Crippen LogP) is 3.27. The van der Waals surface area contributed by atoms with Gasteiger partial charge in [-0.1, -0.05) is 6.07 Å². The molecule has 2 amide bonds. The zero-order chi connectivity index (χ0) is 19.2. The van der Waals surface area contributed by atoms with Crippen molar-refractivity contribution in [3.05, 3.63) is 54.1 Å². The van der Waals surface area contributed by atoms with Gasteiger partial charge in [0.15, 0.2) is 0 Å². The lowest BCUT2D eigenvalue weighted by Crippen LogP contribution is -2.40. The molecule has 0 aliphatic heterocycles. The van der Waals surface area contributed by atoms with Crippen LogP contribution >= 0.6 is 0 Å². The Morgan fingerprint density at radius 1 is 1.00 bits per heavy atom. The molecule has 3 N–H and O–H groups in total. The zero-order valence-electron chi connectivity index (χ0n) is 15.6. The van der Waals surface area contributed by atoms with Crippen LogP contribution in [0, 0.1) is 0 Å². The van der Waals surface area contributed by atoms with Gasteiger partial charge in [-0.05, 0) is 63.2 Å². The summed E-state index contributed by atoms with van der Waals surface area (Å²) >= 11 is 0. The van der Waals surface area contributed by atoms with E-state index in [2.05, 4.69) is 16.0 Å². The van der Waals surface area contributed by atoms with Crippen molar-refractivity contribution in [2.45, 2.75) is 26.3 Å². The second-order valence-corrected chi connectivity index (χ2v) is 6.92. The van der Waals surface area contributed by atoms with Crippen molar-refractivity contribution in [2.24, 2.45) is 0 Å². The van der Waals surface area contributed by atoms with E-state index in [0.717, 1.165) is 11.4 Å². The quantitative estimate of drug-likeness (QED) is 0.743. The Bertz CT molecular complexity index is 765. The molecular formula is C20H25N3O3. The number of benzene rings is 2. The minimum atomic E-state index is -0.321. The smallest absolute Gasteiger partial charge is 0.251 e. The van der Waals surface area contributed by atoms with Gasteiger partial charge in [-0.2, -0.15) is 0 Å². The highest BCUT2D eigenvalue weighted by atomic mass is 16.5. The number of carbonyl (C=O) groups excluding carboxylic acids is 2. The Labute approximate surface area is 153 Å². The summed E-state index contributed by atoms with van der Waals surface area (Å²) in [5.74, 6) is 0.379. The number of nitrogens with one attached hydrogen (secondary N) is 3. The molecule has 2 aromatic carbocycles.